The first kappa shape index (κ1) is 21.5. The highest BCUT2D eigenvalue weighted by atomic mass is 16.7. The lowest BCUT2D eigenvalue weighted by atomic mass is 9.74. The van der Waals surface area contributed by atoms with Gasteiger partial charge in [0.1, 0.15) is 6.10 Å². The lowest BCUT2D eigenvalue weighted by molar-refractivity contribution is -0.151. The number of methoxy groups -OCH3 is 2. The van der Waals surface area contributed by atoms with Gasteiger partial charge in [-0.25, -0.2) is 0 Å². The Kier molecular flexibility index (Phi) is 5.16. The van der Waals surface area contributed by atoms with Crippen LogP contribution in [0.2, 0.25) is 0 Å². The van der Waals surface area contributed by atoms with Crippen LogP contribution in [0.1, 0.15) is 44.1 Å². The van der Waals surface area contributed by atoms with Crippen molar-refractivity contribution in [2.75, 3.05) is 27.8 Å². The van der Waals surface area contributed by atoms with Gasteiger partial charge in [0.15, 0.2) is 23.0 Å². The van der Waals surface area contributed by atoms with Gasteiger partial charge in [-0.2, -0.15) is 0 Å². The topological polar surface area (TPSA) is 102 Å². The molecule has 2 aromatic carbocycles. The Morgan fingerprint density at radius 1 is 0.879 bits per heavy atom. The van der Waals surface area contributed by atoms with Crippen LogP contribution in [0.25, 0.3) is 11.1 Å². The van der Waals surface area contributed by atoms with E-state index in [1.165, 1.54) is 21.1 Å². The normalized spacial score (nSPS) is 24.3. The summed E-state index contributed by atoms with van der Waals surface area (Å²) in [5, 5.41) is 11.5. The molecule has 0 radical (unpaired) electrons. The van der Waals surface area contributed by atoms with Crippen LogP contribution in [0, 0.1) is 11.8 Å². The lowest BCUT2D eigenvalue weighted by Crippen LogP contribution is -2.28. The van der Waals surface area contributed by atoms with Crippen LogP contribution in [-0.4, -0.2) is 38.9 Å². The van der Waals surface area contributed by atoms with E-state index in [1.54, 1.807) is 6.07 Å². The maximum Gasteiger partial charge on any atom is 0.303 e. The van der Waals surface area contributed by atoms with E-state index < -0.39 is 18.2 Å². The molecule has 5 rings (SSSR count). The average Bonchev–Trinajstić information content (AvgIpc) is 3.47. The van der Waals surface area contributed by atoms with Gasteiger partial charge in [-0.3, -0.25) is 4.79 Å². The van der Waals surface area contributed by atoms with E-state index in [0.29, 0.717) is 56.8 Å². The Bertz CT molecular complexity index is 1130. The molecule has 0 spiro atoms. The van der Waals surface area contributed by atoms with Crippen LogP contribution in [0.15, 0.2) is 12.1 Å². The van der Waals surface area contributed by atoms with Gasteiger partial charge in [-0.1, -0.05) is 13.8 Å². The zero-order chi connectivity index (χ0) is 23.4. The third-order valence-corrected chi connectivity index (χ3v) is 6.68. The Hall–Kier alpha value is -3.33. The minimum atomic E-state index is -0.917. The van der Waals surface area contributed by atoms with E-state index in [4.69, 9.17) is 33.2 Å². The van der Waals surface area contributed by atoms with Gasteiger partial charge in [0.05, 0.1) is 20.3 Å². The zero-order valence-electron chi connectivity index (χ0n) is 19.1. The molecule has 0 saturated heterocycles. The maximum atomic E-state index is 12.1. The van der Waals surface area contributed by atoms with Gasteiger partial charge in [0.2, 0.25) is 25.1 Å². The number of carbonyl (C=O) groups is 1. The first-order valence-electron chi connectivity index (χ1n) is 10.7. The largest absolute Gasteiger partial charge is 0.492 e. The molecule has 1 aliphatic carbocycles. The number of hydrogen-bond acceptors (Lipinski definition) is 9. The van der Waals surface area contributed by atoms with Crippen molar-refractivity contribution in [2.24, 2.45) is 11.8 Å². The average molecular weight is 458 g/mol. The van der Waals surface area contributed by atoms with E-state index in [1.807, 2.05) is 19.9 Å². The van der Waals surface area contributed by atoms with Gasteiger partial charge >= 0.3 is 5.97 Å². The summed E-state index contributed by atoms with van der Waals surface area (Å²) in [4.78, 5) is 12.1. The number of benzene rings is 2. The molecule has 9 heteroatoms. The molecule has 4 atom stereocenters. The van der Waals surface area contributed by atoms with Gasteiger partial charge < -0.3 is 38.3 Å². The molecule has 2 heterocycles. The van der Waals surface area contributed by atoms with Crippen LogP contribution in [0.4, 0.5) is 0 Å². The molecule has 0 fully saturated rings. The molecular formula is C24H26O9. The highest BCUT2D eigenvalue weighted by Gasteiger charge is 2.43. The Morgan fingerprint density at radius 3 is 1.91 bits per heavy atom. The van der Waals surface area contributed by atoms with Crippen LogP contribution in [0.5, 0.6) is 34.5 Å². The Morgan fingerprint density at radius 2 is 1.39 bits per heavy atom. The fourth-order valence-electron chi connectivity index (χ4n) is 4.90. The highest BCUT2D eigenvalue weighted by molar-refractivity contribution is 5.89. The van der Waals surface area contributed by atoms with Gasteiger partial charge in [0, 0.05) is 29.5 Å². The third kappa shape index (κ3) is 3.13. The molecule has 0 saturated carbocycles. The Labute approximate surface area is 191 Å². The summed E-state index contributed by atoms with van der Waals surface area (Å²) >= 11 is 0. The molecular weight excluding hydrogens is 432 g/mol. The molecule has 33 heavy (non-hydrogen) atoms. The van der Waals surface area contributed by atoms with Crippen molar-refractivity contribution in [3.8, 4) is 45.6 Å². The second kappa shape index (κ2) is 7.91. The Balaban J connectivity index is 1.93. The number of carbonyl (C=O) groups excluding carboxylic acids is 1. The molecule has 2 aliphatic heterocycles. The zero-order valence-corrected chi connectivity index (χ0v) is 19.1. The van der Waals surface area contributed by atoms with E-state index in [0.717, 1.165) is 0 Å². The molecule has 0 amide bonds. The fourth-order valence-corrected chi connectivity index (χ4v) is 4.90. The van der Waals surface area contributed by atoms with Crippen molar-refractivity contribution in [3.05, 3.63) is 23.3 Å². The number of aliphatic hydroxyl groups is 1. The predicted octanol–water partition coefficient (Wildman–Crippen LogP) is 3.75. The van der Waals surface area contributed by atoms with Gasteiger partial charge in [-0.05, 0) is 23.6 Å². The standard InChI is InChI=1S/C24H26O9/c1-10-11(2)20(33-12(3)25)14-7-16-22(32-9-30-16)24(28-5)18(14)17-13(19(10)26)6-15-21(23(17)27-4)31-8-29-15/h6-7,10-11,19-20,26H,8-9H2,1-5H3/t10-,11+,19+,20+/m0/s1. The van der Waals surface area contributed by atoms with Crippen molar-refractivity contribution in [1.29, 1.82) is 0 Å². The van der Waals surface area contributed by atoms with Gasteiger partial charge in [0.25, 0.3) is 0 Å². The SMILES string of the molecule is COc1c2c(cc3c1-c1c(cc4c(c1OC)OCO4)[C@H](OC(C)=O)[C@H](C)[C@H](C)[C@H]3O)OCO2. The molecule has 0 bridgehead atoms. The van der Waals surface area contributed by atoms with E-state index in [2.05, 4.69) is 0 Å². The van der Waals surface area contributed by atoms with Gasteiger partial charge in [-0.15, -0.1) is 0 Å². The molecule has 1 N–H and O–H groups in total. The molecule has 9 nitrogen and oxygen atoms in total. The summed E-state index contributed by atoms with van der Waals surface area (Å²) in [6, 6.07) is 3.58. The lowest BCUT2D eigenvalue weighted by Gasteiger charge is -2.37. The molecule has 0 aromatic heterocycles. The van der Waals surface area contributed by atoms with Crippen molar-refractivity contribution in [2.45, 2.75) is 33.0 Å². The minimum absolute atomic E-state index is 0.0343. The highest BCUT2D eigenvalue weighted by Crippen LogP contribution is 2.60. The molecule has 2 aromatic rings. The monoisotopic (exact) mass is 458 g/mol. The van der Waals surface area contributed by atoms with Crippen LogP contribution >= 0.6 is 0 Å². The third-order valence-electron chi connectivity index (χ3n) is 6.68. The van der Waals surface area contributed by atoms with Crippen LogP contribution in [0.3, 0.4) is 0 Å². The van der Waals surface area contributed by atoms with Crippen LogP contribution < -0.4 is 28.4 Å². The molecule has 0 unspecified atom stereocenters. The summed E-state index contributed by atoms with van der Waals surface area (Å²) < 4.78 is 40.2. The first-order valence-corrected chi connectivity index (χ1v) is 10.7. The number of ether oxygens (including phenoxy) is 7. The second-order valence-electron chi connectivity index (χ2n) is 8.41. The van der Waals surface area contributed by atoms with Crippen LogP contribution in [-0.2, 0) is 9.53 Å². The summed E-state index contributed by atoms with van der Waals surface area (Å²) in [6.45, 7) is 5.30. The molecule has 3 aliphatic rings. The fraction of sp³-hybridized carbons (Fsp3) is 0.458. The number of hydrogen-bond donors (Lipinski definition) is 1. The second-order valence-corrected chi connectivity index (χ2v) is 8.41. The number of rotatable bonds is 3. The predicted molar refractivity (Wildman–Crippen MR) is 115 cm³/mol. The van der Waals surface area contributed by atoms with Crippen molar-refractivity contribution in [1.82, 2.24) is 0 Å². The first-order chi connectivity index (χ1) is 15.9. The number of esters is 1. The number of aliphatic hydroxyl groups excluding tert-OH is 1. The summed E-state index contributed by atoms with van der Waals surface area (Å²) in [5.41, 5.74) is 2.40. The van der Waals surface area contributed by atoms with Crippen molar-refractivity contribution >= 4 is 5.97 Å². The summed E-state index contributed by atoms with van der Waals surface area (Å²) in [5.74, 6) is 1.64. The van der Waals surface area contributed by atoms with Crippen molar-refractivity contribution < 1.29 is 43.1 Å². The van der Waals surface area contributed by atoms with Crippen molar-refractivity contribution in [3.63, 3.8) is 0 Å². The molecule has 176 valence electrons. The maximum absolute atomic E-state index is 12.1. The smallest absolute Gasteiger partial charge is 0.303 e. The minimum Gasteiger partial charge on any atom is -0.492 e. The number of fused-ring (bicyclic) bond motifs is 5. The summed E-state index contributed by atoms with van der Waals surface area (Å²) in [6.07, 6.45) is -1.60. The van der Waals surface area contributed by atoms with E-state index in [-0.39, 0.29) is 25.4 Å². The quantitative estimate of drug-likeness (QED) is 0.689. The van der Waals surface area contributed by atoms with E-state index >= 15 is 0 Å². The van der Waals surface area contributed by atoms with E-state index in [9.17, 15) is 9.90 Å². The summed E-state index contributed by atoms with van der Waals surface area (Å²) in [7, 11) is 3.05.